The number of benzene rings is 1. The summed E-state index contributed by atoms with van der Waals surface area (Å²) in [6.45, 7) is 7.62. The Bertz CT molecular complexity index is 850. The van der Waals surface area contributed by atoms with E-state index in [0.29, 0.717) is 23.8 Å². The molecule has 0 spiro atoms. The molecule has 6 heteroatoms. The van der Waals surface area contributed by atoms with E-state index in [-0.39, 0.29) is 0 Å². The molecule has 2 heterocycles. The number of ether oxygens (including phenoxy) is 1. The molecule has 3 rings (SSSR count). The number of rotatable bonds is 3. The summed E-state index contributed by atoms with van der Waals surface area (Å²) >= 11 is 0. The number of hydrogen-bond acceptors (Lipinski definition) is 4. The number of amides is 2. The third kappa shape index (κ3) is 2.84. The molecule has 1 aliphatic rings. The van der Waals surface area contributed by atoms with E-state index >= 15 is 0 Å². The Morgan fingerprint density at radius 3 is 2.76 bits per heavy atom. The zero-order valence-electron chi connectivity index (χ0n) is 14.8. The second-order valence-electron chi connectivity index (χ2n) is 6.28. The quantitative estimate of drug-likeness (QED) is 0.873. The molecule has 1 atom stereocenters. The number of aromatic nitrogens is 1. The number of pyridine rings is 1. The van der Waals surface area contributed by atoms with E-state index in [2.05, 4.69) is 10.3 Å². The molecule has 130 valence electrons. The minimum atomic E-state index is -1.65. The van der Waals surface area contributed by atoms with Gasteiger partial charge in [0.1, 0.15) is 0 Å². The topological polar surface area (TPSA) is 71.5 Å². The molecule has 1 N–H and O–H groups in total. The summed E-state index contributed by atoms with van der Waals surface area (Å²) in [4.78, 5) is 31.5. The Labute approximate surface area is 146 Å². The zero-order chi connectivity index (χ0) is 18.2. The fourth-order valence-electron chi connectivity index (χ4n) is 2.91. The summed E-state index contributed by atoms with van der Waals surface area (Å²) in [6, 6.07) is 9.13. The standard InChI is InChI=1S/C19H21N3O3/c1-5-22-16-15(7-6-10-20-16)25-19(4,18(22)24)17(23)21-14-9-8-12(2)11-13(14)3/h6-11H,5H2,1-4H3,(H,21,23)/t19-/m1/s1. The van der Waals surface area contributed by atoms with Crippen molar-refractivity contribution < 1.29 is 14.3 Å². The van der Waals surface area contributed by atoms with Crippen LogP contribution >= 0.6 is 0 Å². The molecule has 0 saturated heterocycles. The van der Waals surface area contributed by atoms with Crippen LogP contribution in [0.25, 0.3) is 0 Å². The number of aryl methyl sites for hydroxylation is 2. The van der Waals surface area contributed by atoms with Crippen LogP contribution in [0.5, 0.6) is 5.75 Å². The van der Waals surface area contributed by atoms with Crippen molar-refractivity contribution in [2.24, 2.45) is 0 Å². The van der Waals surface area contributed by atoms with Gasteiger partial charge >= 0.3 is 0 Å². The van der Waals surface area contributed by atoms with Gasteiger partial charge in [-0.1, -0.05) is 17.7 Å². The minimum absolute atomic E-state index is 0.401. The average Bonchev–Trinajstić information content (AvgIpc) is 2.58. The van der Waals surface area contributed by atoms with Crippen LogP contribution in [0.1, 0.15) is 25.0 Å². The number of nitrogens with zero attached hydrogens (tertiary/aromatic N) is 2. The van der Waals surface area contributed by atoms with Gasteiger partial charge in [0.2, 0.25) is 0 Å². The van der Waals surface area contributed by atoms with Gasteiger partial charge in [-0.15, -0.1) is 0 Å². The molecular formula is C19H21N3O3. The fourth-order valence-corrected chi connectivity index (χ4v) is 2.91. The molecule has 6 nitrogen and oxygen atoms in total. The number of hydrogen-bond donors (Lipinski definition) is 1. The summed E-state index contributed by atoms with van der Waals surface area (Å²) < 4.78 is 5.80. The highest BCUT2D eigenvalue weighted by molar-refractivity contribution is 6.19. The van der Waals surface area contributed by atoms with Gasteiger partial charge in [0.25, 0.3) is 17.4 Å². The maximum atomic E-state index is 12.9. The first kappa shape index (κ1) is 17.0. The molecule has 2 amide bonds. The van der Waals surface area contributed by atoms with Crippen LogP contribution in [-0.2, 0) is 9.59 Å². The van der Waals surface area contributed by atoms with Gasteiger partial charge in [-0.25, -0.2) is 4.98 Å². The van der Waals surface area contributed by atoms with E-state index in [0.717, 1.165) is 11.1 Å². The van der Waals surface area contributed by atoms with Crippen LogP contribution in [0.4, 0.5) is 11.5 Å². The minimum Gasteiger partial charge on any atom is -0.464 e. The first-order valence-corrected chi connectivity index (χ1v) is 8.21. The van der Waals surface area contributed by atoms with Crippen molar-refractivity contribution in [3.05, 3.63) is 47.7 Å². The summed E-state index contributed by atoms with van der Waals surface area (Å²) in [6.07, 6.45) is 1.59. The molecular weight excluding hydrogens is 318 g/mol. The summed E-state index contributed by atoms with van der Waals surface area (Å²) in [5, 5.41) is 2.82. The molecule has 0 saturated carbocycles. The Morgan fingerprint density at radius 1 is 1.32 bits per heavy atom. The lowest BCUT2D eigenvalue weighted by molar-refractivity contribution is -0.145. The van der Waals surface area contributed by atoms with Gasteiger partial charge < -0.3 is 10.1 Å². The first-order chi connectivity index (χ1) is 11.9. The van der Waals surface area contributed by atoms with E-state index in [4.69, 9.17) is 4.74 Å². The van der Waals surface area contributed by atoms with Gasteiger partial charge in [-0.2, -0.15) is 0 Å². The molecule has 1 aromatic heterocycles. The average molecular weight is 339 g/mol. The van der Waals surface area contributed by atoms with Crippen LogP contribution in [0.2, 0.25) is 0 Å². The molecule has 0 unspecified atom stereocenters. The smallest absolute Gasteiger partial charge is 0.282 e. The molecule has 25 heavy (non-hydrogen) atoms. The maximum Gasteiger partial charge on any atom is 0.282 e. The van der Waals surface area contributed by atoms with Crippen molar-refractivity contribution >= 4 is 23.3 Å². The molecule has 0 bridgehead atoms. The van der Waals surface area contributed by atoms with Gasteiger partial charge in [0.05, 0.1) is 0 Å². The van der Waals surface area contributed by atoms with E-state index in [9.17, 15) is 9.59 Å². The lowest BCUT2D eigenvalue weighted by Crippen LogP contribution is -2.60. The number of carbonyl (C=O) groups is 2. The fraction of sp³-hybridized carbons (Fsp3) is 0.316. The predicted molar refractivity (Wildman–Crippen MR) is 95.8 cm³/mol. The number of anilines is 2. The highest BCUT2D eigenvalue weighted by Gasteiger charge is 2.50. The molecule has 0 aliphatic carbocycles. The number of nitrogens with one attached hydrogen (secondary N) is 1. The third-order valence-corrected chi connectivity index (χ3v) is 4.35. The van der Waals surface area contributed by atoms with Gasteiger partial charge in [0, 0.05) is 18.4 Å². The van der Waals surface area contributed by atoms with Crippen molar-refractivity contribution in [3.63, 3.8) is 0 Å². The maximum absolute atomic E-state index is 12.9. The molecule has 0 fully saturated rings. The van der Waals surface area contributed by atoms with Crippen LogP contribution in [0, 0.1) is 13.8 Å². The van der Waals surface area contributed by atoms with Crippen LogP contribution < -0.4 is 15.0 Å². The molecule has 2 aromatic rings. The second kappa shape index (κ2) is 6.20. The monoisotopic (exact) mass is 339 g/mol. The third-order valence-electron chi connectivity index (χ3n) is 4.35. The van der Waals surface area contributed by atoms with Gasteiger partial charge in [-0.05, 0) is 51.5 Å². The highest BCUT2D eigenvalue weighted by atomic mass is 16.5. The van der Waals surface area contributed by atoms with Crippen molar-refractivity contribution in [1.29, 1.82) is 0 Å². The Morgan fingerprint density at radius 2 is 2.08 bits per heavy atom. The summed E-state index contributed by atoms with van der Waals surface area (Å²) in [5.41, 5.74) is 1.04. The Hall–Kier alpha value is -2.89. The number of fused-ring (bicyclic) bond motifs is 1. The normalized spacial score (nSPS) is 19.2. The van der Waals surface area contributed by atoms with E-state index < -0.39 is 17.4 Å². The molecule has 1 aliphatic heterocycles. The van der Waals surface area contributed by atoms with E-state index in [1.807, 2.05) is 39.0 Å². The van der Waals surface area contributed by atoms with Crippen molar-refractivity contribution in [1.82, 2.24) is 4.98 Å². The Balaban J connectivity index is 1.95. The van der Waals surface area contributed by atoms with Crippen LogP contribution in [-0.4, -0.2) is 28.9 Å². The van der Waals surface area contributed by atoms with E-state index in [1.54, 1.807) is 18.3 Å². The van der Waals surface area contributed by atoms with Crippen LogP contribution in [0.3, 0.4) is 0 Å². The van der Waals surface area contributed by atoms with Crippen LogP contribution in [0.15, 0.2) is 36.5 Å². The van der Waals surface area contributed by atoms with Crippen molar-refractivity contribution in [2.75, 3.05) is 16.8 Å². The SMILES string of the molecule is CCN1C(=O)[C@@](C)(C(=O)Nc2ccc(C)cc2C)Oc2cccnc21. The summed E-state index contributed by atoms with van der Waals surface area (Å²) in [7, 11) is 0. The van der Waals surface area contributed by atoms with Gasteiger partial charge in [0.15, 0.2) is 11.6 Å². The lowest BCUT2D eigenvalue weighted by atomic mass is 10.0. The number of carbonyl (C=O) groups excluding carboxylic acids is 2. The van der Waals surface area contributed by atoms with Gasteiger partial charge in [-0.3, -0.25) is 14.5 Å². The highest BCUT2D eigenvalue weighted by Crippen LogP contribution is 2.36. The van der Waals surface area contributed by atoms with Crippen molar-refractivity contribution in [3.8, 4) is 5.75 Å². The van der Waals surface area contributed by atoms with E-state index in [1.165, 1.54) is 11.8 Å². The first-order valence-electron chi connectivity index (χ1n) is 8.21. The number of likely N-dealkylation sites (N-methyl/N-ethyl adjacent to an activating group) is 1. The Kier molecular flexibility index (Phi) is 4.20. The second-order valence-corrected chi connectivity index (χ2v) is 6.28. The predicted octanol–water partition coefficient (Wildman–Crippen LogP) is 2.84. The molecule has 1 aromatic carbocycles. The molecule has 0 radical (unpaired) electrons. The summed E-state index contributed by atoms with van der Waals surface area (Å²) in [5.74, 6) is -0.0742. The van der Waals surface area contributed by atoms with Crippen molar-refractivity contribution in [2.45, 2.75) is 33.3 Å². The zero-order valence-corrected chi connectivity index (χ0v) is 14.8. The lowest BCUT2D eigenvalue weighted by Gasteiger charge is -2.38. The largest absolute Gasteiger partial charge is 0.464 e.